The third-order valence-electron chi connectivity index (χ3n) is 2.53. The molecule has 2 N–H and O–H groups in total. The van der Waals surface area contributed by atoms with Gasteiger partial charge in [0.05, 0.1) is 5.56 Å². The van der Waals surface area contributed by atoms with E-state index >= 15 is 0 Å². The molecule has 0 aliphatic rings. The zero-order valence-corrected chi connectivity index (χ0v) is 10.9. The number of hydrogen-bond donors (Lipinski definition) is 1. The number of alkyl halides is 3. The van der Waals surface area contributed by atoms with E-state index in [0.29, 0.717) is 10.8 Å². The van der Waals surface area contributed by atoms with Gasteiger partial charge in [-0.15, -0.1) is 0 Å². The standard InChI is InChI=1S/C13H10ClF3N2O/c14-11-6-10(2-1-8(11)7-18)20-12-5-9(3-4-19-12)13(15,16)17/h1-6H,7,18H2. The third-order valence-corrected chi connectivity index (χ3v) is 2.88. The van der Waals surface area contributed by atoms with Gasteiger partial charge in [0.1, 0.15) is 5.75 Å². The number of ether oxygens (including phenoxy) is 1. The fourth-order valence-electron chi connectivity index (χ4n) is 1.52. The highest BCUT2D eigenvalue weighted by Crippen LogP contribution is 2.32. The minimum atomic E-state index is -4.44. The molecule has 1 heterocycles. The van der Waals surface area contributed by atoms with Crippen LogP contribution in [0, 0.1) is 0 Å². The van der Waals surface area contributed by atoms with Crippen molar-refractivity contribution < 1.29 is 17.9 Å². The molecule has 0 saturated heterocycles. The maximum Gasteiger partial charge on any atom is 0.416 e. The van der Waals surface area contributed by atoms with Gasteiger partial charge in [-0.2, -0.15) is 13.2 Å². The number of halogens is 4. The first-order valence-electron chi connectivity index (χ1n) is 5.60. The van der Waals surface area contributed by atoms with Gasteiger partial charge in [0.25, 0.3) is 0 Å². The zero-order chi connectivity index (χ0) is 14.8. The molecule has 0 bridgehead atoms. The quantitative estimate of drug-likeness (QED) is 0.932. The molecule has 0 amide bonds. The Bertz CT molecular complexity index is 617. The highest BCUT2D eigenvalue weighted by atomic mass is 35.5. The van der Waals surface area contributed by atoms with E-state index in [1.165, 1.54) is 6.07 Å². The number of nitrogens with two attached hydrogens (primary N) is 1. The van der Waals surface area contributed by atoms with E-state index in [-0.39, 0.29) is 12.4 Å². The molecule has 2 aromatic rings. The minimum Gasteiger partial charge on any atom is -0.439 e. The van der Waals surface area contributed by atoms with Crippen LogP contribution in [0.1, 0.15) is 11.1 Å². The number of aromatic nitrogens is 1. The van der Waals surface area contributed by atoms with Crippen LogP contribution in [0.2, 0.25) is 5.02 Å². The van der Waals surface area contributed by atoms with Crippen molar-refractivity contribution in [2.75, 3.05) is 0 Å². The lowest BCUT2D eigenvalue weighted by Crippen LogP contribution is -2.05. The largest absolute Gasteiger partial charge is 0.439 e. The van der Waals surface area contributed by atoms with E-state index < -0.39 is 11.7 Å². The van der Waals surface area contributed by atoms with Crippen LogP contribution in [-0.4, -0.2) is 4.98 Å². The first-order chi connectivity index (χ1) is 9.40. The van der Waals surface area contributed by atoms with Crippen LogP contribution in [0.4, 0.5) is 13.2 Å². The van der Waals surface area contributed by atoms with Gasteiger partial charge in [-0.1, -0.05) is 17.7 Å². The molecule has 0 radical (unpaired) electrons. The molecule has 0 atom stereocenters. The Morgan fingerprint density at radius 3 is 2.55 bits per heavy atom. The fourth-order valence-corrected chi connectivity index (χ4v) is 1.77. The second-order valence-corrected chi connectivity index (χ2v) is 4.35. The Morgan fingerprint density at radius 1 is 1.20 bits per heavy atom. The van der Waals surface area contributed by atoms with E-state index in [2.05, 4.69) is 4.98 Å². The van der Waals surface area contributed by atoms with E-state index in [0.717, 1.165) is 23.9 Å². The van der Waals surface area contributed by atoms with Crippen LogP contribution in [0.5, 0.6) is 11.6 Å². The molecule has 3 nitrogen and oxygen atoms in total. The average Bonchev–Trinajstić information content (AvgIpc) is 2.38. The summed E-state index contributed by atoms with van der Waals surface area (Å²) in [6, 6.07) is 6.38. The number of nitrogens with zero attached hydrogens (tertiary/aromatic N) is 1. The van der Waals surface area contributed by atoms with Crippen LogP contribution in [-0.2, 0) is 12.7 Å². The summed E-state index contributed by atoms with van der Waals surface area (Å²) in [7, 11) is 0. The SMILES string of the molecule is NCc1ccc(Oc2cc(C(F)(F)F)ccn2)cc1Cl. The molecule has 0 aliphatic heterocycles. The van der Waals surface area contributed by atoms with Gasteiger partial charge in [0, 0.05) is 23.8 Å². The van der Waals surface area contributed by atoms with Crippen molar-refractivity contribution in [3.05, 3.63) is 52.7 Å². The number of pyridine rings is 1. The van der Waals surface area contributed by atoms with E-state index in [9.17, 15) is 13.2 Å². The van der Waals surface area contributed by atoms with E-state index in [1.807, 2.05) is 0 Å². The molecular weight excluding hydrogens is 293 g/mol. The van der Waals surface area contributed by atoms with Crippen LogP contribution in [0.15, 0.2) is 36.5 Å². The van der Waals surface area contributed by atoms with Crippen molar-refractivity contribution in [3.8, 4) is 11.6 Å². The zero-order valence-electron chi connectivity index (χ0n) is 10.1. The lowest BCUT2D eigenvalue weighted by Gasteiger charge is -2.10. The van der Waals surface area contributed by atoms with Gasteiger partial charge < -0.3 is 10.5 Å². The van der Waals surface area contributed by atoms with Crippen LogP contribution < -0.4 is 10.5 Å². The Kier molecular flexibility index (Phi) is 4.15. The average molecular weight is 303 g/mol. The molecule has 20 heavy (non-hydrogen) atoms. The normalized spacial score (nSPS) is 11.4. The van der Waals surface area contributed by atoms with Crippen LogP contribution in [0.3, 0.4) is 0 Å². The van der Waals surface area contributed by atoms with Gasteiger partial charge >= 0.3 is 6.18 Å². The summed E-state index contributed by atoms with van der Waals surface area (Å²) in [5.74, 6) is 0.135. The Balaban J connectivity index is 2.24. The van der Waals surface area contributed by atoms with Gasteiger partial charge in [-0.05, 0) is 23.8 Å². The molecule has 1 aromatic heterocycles. The van der Waals surface area contributed by atoms with Crippen molar-refractivity contribution in [2.45, 2.75) is 12.7 Å². The summed E-state index contributed by atoms with van der Waals surface area (Å²) < 4.78 is 42.9. The van der Waals surface area contributed by atoms with Gasteiger partial charge in [-0.25, -0.2) is 4.98 Å². The highest BCUT2D eigenvalue weighted by molar-refractivity contribution is 6.31. The van der Waals surface area contributed by atoms with Crippen LogP contribution in [0.25, 0.3) is 0 Å². The van der Waals surface area contributed by atoms with Gasteiger partial charge in [0.2, 0.25) is 5.88 Å². The fraction of sp³-hybridized carbons (Fsp3) is 0.154. The van der Waals surface area contributed by atoms with Crippen molar-refractivity contribution in [1.29, 1.82) is 0 Å². The van der Waals surface area contributed by atoms with Crippen LogP contribution >= 0.6 is 11.6 Å². The lowest BCUT2D eigenvalue weighted by molar-refractivity contribution is -0.137. The second kappa shape index (κ2) is 5.68. The second-order valence-electron chi connectivity index (χ2n) is 3.94. The van der Waals surface area contributed by atoms with Crippen molar-refractivity contribution in [3.63, 3.8) is 0 Å². The molecule has 0 saturated carbocycles. The molecule has 0 fully saturated rings. The predicted molar refractivity (Wildman–Crippen MR) is 68.7 cm³/mol. The molecule has 0 aliphatic carbocycles. The molecule has 2 rings (SSSR count). The summed E-state index contributed by atoms with van der Waals surface area (Å²) in [5, 5.41) is 0.386. The molecule has 7 heteroatoms. The Morgan fingerprint density at radius 2 is 1.95 bits per heavy atom. The molecular formula is C13H10ClF3N2O. The number of rotatable bonds is 3. The molecule has 0 unspecified atom stereocenters. The van der Waals surface area contributed by atoms with E-state index in [4.69, 9.17) is 22.1 Å². The van der Waals surface area contributed by atoms with Crippen molar-refractivity contribution in [2.24, 2.45) is 5.73 Å². The highest BCUT2D eigenvalue weighted by Gasteiger charge is 2.31. The Hall–Kier alpha value is -1.79. The lowest BCUT2D eigenvalue weighted by atomic mass is 10.2. The summed E-state index contributed by atoms with van der Waals surface area (Å²) in [6.07, 6.45) is -3.41. The minimum absolute atomic E-state index is 0.156. The first kappa shape index (κ1) is 14.6. The predicted octanol–water partition coefficient (Wildman–Crippen LogP) is 4.00. The maximum absolute atomic E-state index is 12.6. The van der Waals surface area contributed by atoms with Crippen molar-refractivity contribution >= 4 is 11.6 Å². The molecule has 106 valence electrons. The van der Waals surface area contributed by atoms with Gasteiger partial charge in [-0.3, -0.25) is 0 Å². The maximum atomic E-state index is 12.6. The topological polar surface area (TPSA) is 48.1 Å². The van der Waals surface area contributed by atoms with Gasteiger partial charge in [0.15, 0.2) is 0 Å². The Labute approximate surface area is 118 Å². The number of hydrogen-bond acceptors (Lipinski definition) is 3. The smallest absolute Gasteiger partial charge is 0.416 e. The van der Waals surface area contributed by atoms with Crippen molar-refractivity contribution in [1.82, 2.24) is 4.98 Å². The van der Waals surface area contributed by atoms with E-state index in [1.54, 1.807) is 12.1 Å². The summed E-state index contributed by atoms with van der Waals surface area (Å²) in [4.78, 5) is 3.73. The first-order valence-corrected chi connectivity index (χ1v) is 5.97. The molecule has 1 aromatic carbocycles. The molecule has 0 spiro atoms. The third kappa shape index (κ3) is 3.40. The number of benzene rings is 1. The summed E-state index contributed by atoms with van der Waals surface area (Å²) in [6.45, 7) is 0.265. The summed E-state index contributed by atoms with van der Waals surface area (Å²) in [5.41, 5.74) is 5.35. The monoisotopic (exact) mass is 302 g/mol. The summed E-state index contributed by atoms with van der Waals surface area (Å²) >= 11 is 5.94.